The van der Waals surface area contributed by atoms with Crippen molar-refractivity contribution in [3.05, 3.63) is 22.7 Å². The lowest BCUT2D eigenvalue weighted by Gasteiger charge is -2.18. The molecule has 1 N–H and O–H groups in total. The maximum absolute atomic E-state index is 12.5. The van der Waals surface area contributed by atoms with Crippen LogP contribution in [0.25, 0.3) is 0 Å². The first-order valence-electron chi connectivity index (χ1n) is 6.05. The first kappa shape index (κ1) is 14.8. The van der Waals surface area contributed by atoms with Crippen molar-refractivity contribution >= 4 is 26.0 Å². The third-order valence-electron chi connectivity index (χ3n) is 2.95. The molecule has 1 aliphatic rings. The number of halogens is 1. The van der Waals surface area contributed by atoms with Crippen LogP contribution in [0.1, 0.15) is 13.3 Å². The van der Waals surface area contributed by atoms with Gasteiger partial charge in [-0.3, -0.25) is 0 Å². The Morgan fingerprint density at radius 2 is 2.26 bits per heavy atom. The highest BCUT2D eigenvalue weighted by Gasteiger charge is 2.33. The van der Waals surface area contributed by atoms with Crippen LogP contribution in [0.3, 0.4) is 0 Å². The van der Waals surface area contributed by atoms with E-state index in [1.807, 2.05) is 0 Å². The summed E-state index contributed by atoms with van der Waals surface area (Å²) >= 11 is 3.27. The number of ether oxygens (including phenoxy) is 1. The van der Waals surface area contributed by atoms with Crippen molar-refractivity contribution in [2.45, 2.75) is 24.3 Å². The van der Waals surface area contributed by atoms with Crippen LogP contribution in [0, 0.1) is 0 Å². The zero-order valence-electron chi connectivity index (χ0n) is 10.5. The highest BCUT2D eigenvalue weighted by Crippen LogP contribution is 2.31. The van der Waals surface area contributed by atoms with Crippen LogP contribution in [0.15, 0.2) is 27.6 Å². The molecule has 1 saturated heterocycles. The van der Waals surface area contributed by atoms with Crippen LogP contribution in [-0.4, -0.2) is 43.6 Å². The fourth-order valence-corrected chi connectivity index (χ4v) is 4.19. The minimum atomic E-state index is -3.63. The van der Waals surface area contributed by atoms with E-state index in [2.05, 4.69) is 15.9 Å². The van der Waals surface area contributed by atoms with Gasteiger partial charge in [-0.15, -0.1) is 0 Å². The lowest BCUT2D eigenvalue weighted by molar-refractivity contribution is 0.189. The molecule has 1 fully saturated rings. The van der Waals surface area contributed by atoms with E-state index in [0.717, 1.165) is 0 Å². The fraction of sp³-hybridized carbons (Fsp3) is 0.500. The first-order chi connectivity index (χ1) is 8.95. The Labute approximate surface area is 121 Å². The van der Waals surface area contributed by atoms with Crippen LogP contribution >= 0.6 is 15.9 Å². The minimum absolute atomic E-state index is 0.137. The van der Waals surface area contributed by atoms with Gasteiger partial charge in [0.05, 0.1) is 12.7 Å². The summed E-state index contributed by atoms with van der Waals surface area (Å²) in [6, 6.07) is 4.90. The Hall–Kier alpha value is -0.630. The highest BCUT2D eigenvalue weighted by molar-refractivity contribution is 9.10. The van der Waals surface area contributed by atoms with E-state index < -0.39 is 16.1 Å². The van der Waals surface area contributed by atoms with Gasteiger partial charge in [0, 0.05) is 17.6 Å². The van der Waals surface area contributed by atoms with E-state index >= 15 is 0 Å². The summed E-state index contributed by atoms with van der Waals surface area (Å²) in [5.74, 6) is 0.340. The summed E-state index contributed by atoms with van der Waals surface area (Å²) in [5, 5.41) is 9.49. The largest absolute Gasteiger partial charge is 0.492 e. The molecule has 0 aromatic heterocycles. The summed E-state index contributed by atoms with van der Waals surface area (Å²) in [6.07, 6.45) is -0.116. The van der Waals surface area contributed by atoms with Gasteiger partial charge in [0.25, 0.3) is 0 Å². The topological polar surface area (TPSA) is 66.8 Å². The van der Waals surface area contributed by atoms with Gasteiger partial charge in [-0.1, -0.05) is 15.9 Å². The number of β-amino-alcohol motifs (C(OH)–C–C–N with tert-alkyl or cyclic N) is 1. The molecule has 0 aliphatic carbocycles. The molecule has 0 saturated carbocycles. The predicted octanol–water partition coefficient (Wildman–Crippen LogP) is 1.60. The SMILES string of the molecule is CCOc1ccc(Br)cc1S(=O)(=O)N1CC[C@H](O)C1. The van der Waals surface area contributed by atoms with Gasteiger partial charge in [-0.25, -0.2) is 8.42 Å². The number of aliphatic hydroxyl groups is 1. The Balaban J connectivity index is 2.41. The van der Waals surface area contributed by atoms with Gasteiger partial charge in [0.1, 0.15) is 10.6 Å². The molecule has 1 aliphatic heterocycles. The minimum Gasteiger partial charge on any atom is -0.492 e. The van der Waals surface area contributed by atoms with Crippen LogP contribution in [0.2, 0.25) is 0 Å². The van der Waals surface area contributed by atoms with Crippen LogP contribution in [0.4, 0.5) is 0 Å². The van der Waals surface area contributed by atoms with E-state index in [0.29, 0.717) is 29.8 Å². The maximum atomic E-state index is 12.5. The van der Waals surface area contributed by atoms with E-state index in [4.69, 9.17) is 4.74 Å². The molecular formula is C12H16BrNO4S. The highest BCUT2D eigenvalue weighted by atomic mass is 79.9. The van der Waals surface area contributed by atoms with Gasteiger partial charge in [0.15, 0.2) is 0 Å². The summed E-state index contributed by atoms with van der Waals surface area (Å²) in [5.41, 5.74) is 0. The summed E-state index contributed by atoms with van der Waals surface area (Å²) in [4.78, 5) is 0.137. The van der Waals surface area contributed by atoms with Gasteiger partial charge in [-0.2, -0.15) is 4.31 Å². The molecule has 2 rings (SSSR count). The molecule has 1 atom stereocenters. The average molecular weight is 350 g/mol. The second kappa shape index (κ2) is 5.78. The molecule has 0 radical (unpaired) electrons. The summed E-state index contributed by atoms with van der Waals surface area (Å²) < 4.78 is 32.4. The van der Waals surface area contributed by atoms with E-state index in [9.17, 15) is 13.5 Å². The molecule has 5 nitrogen and oxygen atoms in total. The molecular weight excluding hydrogens is 334 g/mol. The van der Waals surface area contributed by atoms with Gasteiger partial charge >= 0.3 is 0 Å². The Morgan fingerprint density at radius 3 is 2.84 bits per heavy atom. The second-order valence-electron chi connectivity index (χ2n) is 4.33. The predicted molar refractivity (Wildman–Crippen MR) is 74.7 cm³/mol. The molecule has 19 heavy (non-hydrogen) atoms. The Morgan fingerprint density at radius 1 is 1.53 bits per heavy atom. The summed E-state index contributed by atoms with van der Waals surface area (Å²) in [6.45, 7) is 2.67. The van der Waals surface area contributed by atoms with Crippen molar-refractivity contribution in [2.75, 3.05) is 19.7 Å². The van der Waals surface area contributed by atoms with Gasteiger partial charge in [-0.05, 0) is 31.5 Å². The maximum Gasteiger partial charge on any atom is 0.246 e. The van der Waals surface area contributed by atoms with Crippen LogP contribution in [-0.2, 0) is 10.0 Å². The molecule has 1 aromatic rings. The quantitative estimate of drug-likeness (QED) is 0.896. The Bertz CT molecular complexity index is 561. The number of nitrogens with zero attached hydrogens (tertiary/aromatic N) is 1. The lowest BCUT2D eigenvalue weighted by Crippen LogP contribution is -2.30. The Kier molecular flexibility index (Phi) is 4.50. The van der Waals surface area contributed by atoms with Crippen molar-refractivity contribution in [2.24, 2.45) is 0 Å². The molecule has 1 heterocycles. The van der Waals surface area contributed by atoms with Crippen molar-refractivity contribution in [1.82, 2.24) is 4.31 Å². The van der Waals surface area contributed by atoms with Crippen LogP contribution < -0.4 is 4.74 Å². The fourth-order valence-electron chi connectivity index (χ4n) is 2.03. The monoisotopic (exact) mass is 349 g/mol. The van der Waals surface area contributed by atoms with E-state index in [1.54, 1.807) is 19.1 Å². The van der Waals surface area contributed by atoms with Crippen molar-refractivity contribution < 1.29 is 18.3 Å². The normalized spacial score (nSPS) is 20.7. The number of hydrogen-bond donors (Lipinski definition) is 1. The third-order valence-corrected chi connectivity index (χ3v) is 5.33. The smallest absolute Gasteiger partial charge is 0.246 e. The number of hydrogen-bond acceptors (Lipinski definition) is 4. The molecule has 0 unspecified atom stereocenters. The molecule has 0 spiro atoms. The standard InChI is InChI=1S/C12H16BrNO4S/c1-2-18-11-4-3-9(13)7-12(11)19(16,17)14-6-5-10(15)8-14/h3-4,7,10,15H,2,5-6,8H2,1H3/t10-/m0/s1. The number of rotatable bonds is 4. The molecule has 106 valence electrons. The van der Waals surface area contributed by atoms with E-state index in [1.165, 1.54) is 10.4 Å². The second-order valence-corrected chi connectivity index (χ2v) is 7.15. The lowest BCUT2D eigenvalue weighted by atomic mass is 10.3. The van der Waals surface area contributed by atoms with Crippen molar-refractivity contribution in [3.8, 4) is 5.75 Å². The zero-order chi connectivity index (χ0) is 14.0. The number of aliphatic hydroxyl groups excluding tert-OH is 1. The van der Waals surface area contributed by atoms with Crippen molar-refractivity contribution in [1.29, 1.82) is 0 Å². The first-order valence-corrected chi connectivity index (χ1v) is 8.29. The van der Waals surface area contributed by atoms with Crippen molar-refractivity contribution in [3.63, 3.8) is 0 Å². The average Bonchev–Trinajstić information content (AvgIpc) is 2.79. The third kappa shape index (κ3) is 3.10. The zero-order valence-corrected chi connectivity index (χ0v) is 12.9. The molecule has 0 amide bonds. The number of sulfonamides is 1. The van der Waals surface area contributed by atoms with Gasteiger partial charge < -0.3 is 9.84 Å². The van der Waals surface area contributed by atoms with Gasteiger partial charge in [0.2, 0.25) is 10.0 Å². The molecule has 7 heteroatoms. The molecule has 1 aromatic carbocycles. The number of benzene rings is 1. The molecule has 0 bridgehead atoms. The van der Waals surface area contributed by atoms with E-state index in [-0.39, 0.29) is 11.4 Å². The summed E-state index contributed by atoms with van der Waals surface area (Å²) in [7, 11) is -3.63. The van der Waals surface area contributed by atoms with Crippen LogP contribution in [0.5, 0.6) is 5.75 Å².